The molecule has 0 saturated carbocycles. The van der Waals surface area contributed by atoms with Gasteiger partial charge in [0.2, 0.25) is 0 Å². The predicted molar refractivity (Wildman–Crippen MR) is 97.6 cm³/mol. The van der Waals surface area contributed by atoms with E-state index in [1.807, 2.05) is 15.3 Å². The van der Waals surface area contributed by atoms with Crippen LogP contribution in [0.1, 0.15) is 29.6 Å². The molecule has 27 heavy (non-hydrogen) atoms. The van der Waals surface area contributed by atoms with Crippen LogP contribution < -0.4 is 10.9 Å². The van der Waals surface area contributed by atoms with E-state index in [2.05, 4.69) is 20.5 Å². The molecule has 0 radical (unpaired) electrons. The summed E-state index contributed by atoms with van der Waals surface area (Å²) in [6, 6.07) is 0. The lowest BCUT2D eigenvalue weighted by molar-refractivity contribution is 0.0937. The third-order valence-corrected chi connectivity index (χ3v) is 4.73. The van der Waals surface area contributed by atoms with Crippen molar-refractivity contribution >= 4 is 5.91 Å². The van der Waals surface area contributed by atoms with Crippen LogP contribution in [0.2, 0.25) is 0 Å². The lowest BCUT2D eigenvalue weighted by atomic mass is 10.1. The smallest absolute Gasteiger partial charge is 0.275 e. The minimum Gasteiger partial charge on any atom is -0.376 e. The number of rotatable bonds is 7. The van der Waals surface area contributed by atoms with Crippen LogP contribution in [0.5, 0.6) is 0 Å². The third-order valence-electron chi connectivity index (χ3n) is 4.73. The number of carbonyl (C=O) groups excluding carboxylic acids is 1. The topological polar surface area (TPSA) is 107 Å². The number of aromatic nitrogens is 5. The lowest BCUT2D eigenvalue weighted by Crippen LogP contribution is -2.27. The molecule has 9 nitrogen and oxygen atoms in total. The SMILES string of the molecule is O=C(NCCCn1ccnc1)c1cn(C[C@H]2CCCO2)cc2c(=O)[nH]nc1-2. The summed E-state index contributed by atoms with van der Waals surface area (Å²) in [5.41, 5.74) is 0.919. The number of aryl methyl sites for hydroxylation is 1. The Kier molecular flexibility index (Phi) is 5.01. The number of fused-ring (bicyclic) bond motifs is 1. The van der Waals surface area contributed by atoms with Crippen molar-refractivity contribution in [2.75, 3.05) is 13.2 Å². The number of amides is 1. The highest BCUT2D eigenvalue weighted by Gasteiger charge is 2.23. The first-order valence-corrected chi connectivity index (χ1v) is 9.14. The molecule has 142 valence electrons. The zero-order valence-corrected chi connectivity index (χ0v) is 14.9. The maximum Gasteiger partial charge on any atom is 0.275 e. The standard InChI is InChI=1S/C18H22N6O3/c25-17(20-4-2-6-23-7-5-19-12-23)14-10-24(9-13-3-1-8-27-13)11-15-16(14)21-22-18(15)26/h5,7,10-13H,1-4,6,8-9H2,(H,20,25)(H,22,26)/t13-/m1/s1. The van der Waals surface area contributed by atoms with Crippen molar-refractivity contribution in [2.24, 2.45) is 0 Å². The van der Waals surface area contributed by atoms with Crippen LogP contribution >= 0.6 is 0 Å². The van der Waals surface area contributed by atoms with Gasteiger partial charge in [0.15, 0.2) is 0 Å². The monoisotopic (exact) mass is 370 g/mol. The van der Waals surface area contributed by atoms with Crippen molar-refractivity contribution in [2.45, 2.75) is 38.5 Å². The molecular formula is C18H22N6O3. The molecule has 1 aromatic heterocycles. The molecule has 1 fully saturated rings. The van der Waals surface area contributed by atoms with Crippen LogP contribution in [0.3, 0.4) is 0 Å². The average molecular weight is 370 g/mol. The first-order valence-electron chi connectivity index (χ1n) is 9.14. The summed E-state index contributed by atoms with van der Waals surface area (Å²) in [7, 11) is 0. The second kappa shape index (κ2) is 7.75. The number of nitrogens with zero attached hydrogens (tertiary/aromatic N) is 4. The van der Waals surface area contributed by atoms with E-state index < -0.39 is 0 Å². The molecule has 4 heterocycles. The van der Waals surface area contributed by atoms with Crippen molar-refractivity contribution in [3.05, 3.63) is 47.0 Å². The highest BCUT2D eigenvalue weighted by Crippen LogP contribution is 2.21. The van der Waals surface area contributed by atoms with Crippen LogP contribution in [0.15, 0.2) is 35.9 Å². The Labute approximate surface area is 155 Å². The predicted octanol–water partition coefficient (Wildman–Crippen LogP) is 0.872. The first kappa shape index (κ1) is 17.5. The van der Waals surface area contributed by atoms with E-state index in [9.17, 15) is 9.59 Å². The summed E-state index contributed by atoms with van der Waals surface area (Å²) in [5, 5.41) is 9.37. The fourth-order valence-corrected chi connectivity index (χ4v) is 3.36. The minimum absolute atomic E-state index is 0.112. The molecule has 0 aliphatic carbocycles. The van der Waals surface area contributed by atoms with Gasteiger partial charge in [-0.3, -0.25) is 9.59 Å². The van der Waals surface area contributed by atoms with Crippen LogP contribution in [-0.2, 0) is 17.8 Å². The largest absolute Gasteiger partial charge is 0.376 e. The van der Waals surface area contributed by atoms with Gasteiger partial charge >= 0.3 is 0 Å². The van der Waals surface area contributed by atoms with Gasteiger partial charge in [-0.15, -0.1) is 0 Å². The number of hydrogen-bond acceptors (Lipinski definition) is 5. The second-order valence-electron chi connectivity index (χ2n) is 6.73. The summed E-state index contributed by atoms with van der Waals surface area (Å²) in [5.74, 6) is -0.237. The maximum absolute atomic E-state index is 12.7. The van der Waals surface area contributed by atoms with Crippen LogP contribution in [0.4, 0.5) is 0 Å². The molecule has 0 unspecified atom stereocenters. The molecule has 2 N–H and O–H groups in total. The van der Waals surface area contributed by atoms with Gasteiger partial charge in [-0.05, 0) is 19.3 Å². The Bertz CT molecular complexity index is 923. The second-order valence-corrected chi connectivity index (χ2v) is 6.73. The highest BCUT2D eigenvalue weighted by molar-refractivity contribution is 5.99. The molecule has 4 rings (SSSR count). The molecule has 3 aliphatic rings. The summed E-state index contributed by atoms with van der Waals surface area (Å²) < 4.78 is 9.48. The summed E-state index contributed by atoms with van der Waals surface area (Å²) >= 11 is 0. The zero-order chi connectivity index (χ0) is 18.6. The third kappa shape index (κ3) is 3.92. The molecule has 1 atom stereocenters. The van der Waals surface area contributed by atoms with E-state index in [1.54, 1.807) is 24.9 Å². The zero-order valence-electron chi connectivity index (χ0n) is 14.9. The Morgan fingerprint density at radius 3 is 3.07 bits per heavy atom. The fourth-order valence-electron chi connectivity index (χ4n) is 3.36. The Balaban J connectivity index is 1.47. The van der Waals surface area contributed by atoms with Crippen LogP contribution in [0.25, 0.3) is 11.3 Å². The molecule has 3 aliphatic heterocycles. The fraction of sp³-hybridized carbons (Fsp3) is 0.444. The van der Waals surface area contributed by atoms with Gasteiger partial charge in [-0.1, -0.05) is 0 Å². The van der Waals surface area contributed by atoms with Crippen molar-refractivity contribution < 1.29 is 9.53 Å². The number of hydrogen-bond donors (Lipinski definition) is 2. The van der Waals surface area contributed by atoms with Crippen LogP contribution in [-0.4, -0.2) is 49.5 Å². The number of H-pyrrole nitrogens is 1. The van der Waals surface area contributed by atoms with E-state index in [1.165, 1.54) is 0 Å². The van der Waals surface area contributed by atoms with Gasteiger partial charge < -0.3 is 19.2 Å². The molecule has 0 bridgehead atoms. The molecule has 0 aromatic carbocycles. The van der Waals surface area contributed by atoms with Gasteiger partial charge in [0.1, 0.15) is 5.69 Å². The van der Waals surface area contributed by atoms with Gasteiger partial charge in [-0.25, -0.2) is 10.1 Å². The number of pyridine rings is 1. The molecular weight excluding hydrogens is 348 g/mol. The van der Waals surface area contributed by atoms with Gasteiger partial charge in [0, 0.05) is 51.0 Å². The van der Waals surface area contributed by atoms with Gasteiger partial charge in [0.05, 0.1) is 23.6 Å². The lowest BCUT2D eigenvalue weighted by Gasteiger charge is -2.16. The molecule has 1 saturated heterocycles. The number of aromatic amines is 1. The van der Waals surface area contributed by atoms with E-state index in [4.69, 9.17) is 4.74 Å². The molecule has 1 aromatic rings. The number of imidazole rings is 1. The highest BCUT2D eigenvalue weighted by atomic mass is 16.5. The summed E-state index contributed by atoms with van der Waals surface area (Å²) in [6.45, 7) is 2.67. The van der Waals surface area contributed by atoms with Crippen molar-refractivity contribution in [1.82, 2.24) is 29.6 Å². The average Bonchev–Trinajstić information content (AvgIpc) is 3.42. The van der Waals surface area contributed by atoms with E-state index in [0.29, 0.717) is 29.9 Å². The minimum atomic E-state index is -0.291. The van der Waals surface area contributed by atoms with Crippen molar-refractivity contribution in [3.8, 4) is 11.3 Å². The van der Waals surface area contributed by atoms with Crippen molar-refractivity contribution in [1.29, 1.82) is 0 Å². The van der Waals surface area contributed by atoms with E-state index >= 15 is 0 Å². The number of nitrogens with one attached hydrogen (secondary N) is 2. The van der Waals surface area contributed by atoms with Gasteiger partial charge in [-0.2, -0.15) is 5.10 Å². The Hall–Kier alpha value is -2.94. The van der Waals surface area contributed by atoms with Gasteiger partial charge in [0.25, 0.3) is 11.5 Å². The Morgan fingerprint density at radius 2 is 2.30 bits per heavy atom. The summed E-state index contributed by atoms with van der Waals surface area (Å²) in [6.07, 6.45) is 11.7. The first-order chi connectivity index (χ1) is 13.2. The Morgan fingerprint density at radius 1 is 1.37 bits per heavy atom. The number of carbonyl (C=O) groups is 1. The molecule has 9 heteroatoms. The van der Waals surface area contributed by atoms with Crippen LogP contribution in [0, 0.1) is 0 Å². The summed E-state index contributed by atoms with van der Waals surface area (Å²) in [4.78, 5) is 28.7. The normalized spacial score (nSPS) is 16.8. The number of ether oxygens (including phenoxy) is 1. The quantitative estimate of drug-likeness (QED) is 0.600. The maximum atomic E-state index is 12.7. The molecule has 0 spiro atoms. The van der Waals surface area contributed by atoms with E-state index in [0.717, 1.165) is 32.4 Å². The molecule has 1 amide bonds. The van der Waals surface area contributed by atoms with E-state index in [-0.39, 0.29) is 17.6 Å². The van der Waals surface area contributed by atoms with Crippen molar-refractivity contribution in [3.63, 3.8) is 0 Å².